The number of Topliss-reactive ketones (excluding diaryl/α,β-unsaturated/α-hetero) is 1. The quantitative estimate of drug-likeness (QED) is 0.611. The van der Waals surface area contributed by atoms with Crippen LogP contribution in [0.4, 0.5) is 0 Å². The number of rotatable bonds is 2. The maximum Gasteiger partial charge on any atom is 0.317 e. The molecule has 0 aromatic heterocycles. The van der Waals surface area contributed by atoms with Crippen LogP contribution in [0.3, 0.4) is 0 Å². The predicted molar refractivity (Wildman–Crippen MR) is 66.4 cm³/mol. The smallest absolute Gasteiger partial charge is 0.317 e. The minimum Gasteiger partial charge on any atom is -0.480 e. The molecular weight excluding hydrogens is 248 g/mol. The predicted octanol–water partition coefficient (Wildman–Crippen LogP) is 1.93. The molecule has 0 saturated heterocycles. The van der Waals surface area contributed by atoms with Gasteiger partial charge in [-0.2, -0.15) is 0 Å². The molecule has 0 amide bonds. The van der Waals surface area contributed by atoms with Crippen molar-refractivity contribution in [2.75, 3.05) is 0 Å². The van der Waals surface area contributed by atoms with Crippen LogP contribution in [0.1, 0.15) is 52.9 Å². The maximum absolute atomic E-state index is 12.3. The number of esters is 1. The second-order valence-corrected chi connectivity index (χ2v) is 6.77. The number of carbonyl (C=O) groups is 3. The summed E-state index contributed by atoms with van der Waals surface area (Å²) in [6.07, 6.45) is 1.37. The number of ketones is 1. The highest BCUT2D eigenvalue weighted by molar-refractivity contribution is 6.06. The van der Waals surface area contributed by atoms with E-state index in [2.05, 4.69) is 0 Å². The van der Waals surface area contributed by atoms with Crippen molar-refractivity contribution in [3.8, 4) is 0 Å². The summed E-state index contributed by atoms with van der Waals surface area (Å²) >= 11 is 0. The van der Waals surface area contributed by atoms with Crippen LogP contribution in [-0.2, 0) is 19.1 Å². The molecule has 2 bridgehead atoms. The summed E-state index contributed by atoms with van der Waals surface area (Å²) in [6.45, 7) is 5.36. The van der Waals surface area contributed by atoms with Gasteiger partial charge in [0, 0.05) is 6.42 Å². The molecule has 3 saturated carbocycles. The molecule has 0 radical (unpaired) electrons. The molecular formula is C14H20O5. The van der Waals surface area contributed by atoms with Gasteiger partial charge in [-0.05, 0) is 46.5 Å². The van der Waals surface area contributed by atoms with E-state index in [9.17, 15) is 19.5 Å². The van der Waals surface area contributed by atoms with E-state index in [1.807, 2.05) is 0 Å². The Morgan fingerprint density at radius 2 is 1.68 bits per heavy atom. The molecule has 3 aliphatic carbocycles. The zero-order chi connectivity index (χ0) is 14.5. The van der Waals surface area contributed by atoms with E-state index >= 15 is 0 Å². The van der Waals surface area contributed by atoms with Crippen LogP contribution in [0.25, 0.3) is 0 Å². The van der Waals surface area contributed by atoms with Crippen LogP contribution in [0, 0.1) is 10.8 Å². The fourth-order valence-electron chi connectivity index (χ4n) is 3.08. The van der Waals surface area contributed by atoms with Crippen molar-refractivity contribution in [2.45, 2.75) is 58.5 Å². The summed E-state index contributed by atoms with van der Waals surface area (Å²) in [4.78, 5) is 35.7. The Morgan fingerprint density at radius 1 is 1.16 bits per heavy atom. The lowest BCUT2D eigenvalue weighted by molar-refractivity contribution is -0.185. The van der Waals surface area contributed by atoms with Gasteiger partial charge in [-0.3, -0.25) is 14.4 Å². The molecule has 0 unspecified atom stereocenters. The van der Waals surface area contributed by atoms with Crippen LogP contribution in [0.2, 0.25) is 0 Å². The van der Waals surface area contributed by atoms with Crippen molar-refractivity contribution >= 4 is 17.7 Å². The fourth-order valence-corrected chi connectivity index (χ4v) is 3.08. The molecule has 0 aromatic rings. The lowest BCUT2D eigenvalue weighted by atomic mass is 9.53. The maximum atomic E-state index is 12.3. The standard InChI is InChI=1S/C14H20O5/c1-12(2,3)19-11(18)13-4-6-14(7-5-13,10(16)17)9(15)8-13/h4-8H2,1-3H3,(H,16,17). The summed E-state index contributed by atoms with van der Waals surface area (Å²) < 4.78 is 5.40. The summed E-state index contributed by atoms with van der Waals surface area (Å²) in [5.74, 6) is -1.72. The highest BCUT2D eigenvalue weighted by atomic mass is 16.6. The van der Waals surface area contributed by atoms with E-state index < -0.39 is 22.4 Å². The average Bonchev–Trinajstić information content (AvgIpc) is 2.27. The first-order valence-electron chi connectivity index (χ1n) is 6.62. The summed E-state index contributed by atoms with van der Waals surface area (Å²) in [7, 11) is 0. The first-order chi connectivity index (χ1) is 8.61. The minimum absolute atomic E-state index is 0.00815. The molecule has 0 aliphatic heterocycles. The summed E-state index contributed by atoms with van der Waals surface area (Å²) in [5, 5.41) is 9.26. The van der Waals surface area contributed by atoms with Gasteiger partial charge in [-0.15, -0.1) is 0 Å². The Hall–Kier alpha value is -1.39. The van der Waals surface area contributed by atoms with Crippen LogP contribution in [0.5, 0.6) is 0 Å². The van der Waals surface area contributed by atoms with Gasteiger partial charge in [0.2, 0.25) is 0 Å². The second kappa shape index (κ2) is 4.05. The molecule has 0 heterocycles. The first kappa shape index (κ1) is 14.0. The zero-order valence-corrected chi connectivity index (χ0v) is 11.6. The Bertz CT molecular complexity index is 435. The van der Waals surface area contributed by atoms with Crippen molar-refractivity contribution in [3.05, 3.63) is 0 Å². The number of aliphatic carboxylic acids is 1. The van der Waals surface area contributed by atoms with E-state index in [4.69, 9.17) is 4.74 Å². The van der Waals surface area contributed by atoms with E-state index in [0.717, 1.165) is 0 Å². The topological polar surface area (TPSA) is 80.7 Å². The monoisotopic (exact) mass is 268 g/mol. The van der Waals surface area contributed by atoms with Crippen LogP contribution >= 0.6 is 0 Å². The lowest BCUT2D eigenvalue weighted by Gasteiger charge is -2.48. The fraction of sp³-hybridized carbons (Fsp3) is 0.786. The SMILES string of the molecule is CC(C)(C)OC(=O)C12CCC(C(=O)O)(CC1)C(=O)C2. The Kier molecular flexibility index (Phi) is 2.99. The molecule has 5 heteroatoms. The number of hydrogen-bond donors (Lipinski definition) is 1. The van der Waals surface area contributed by atoms with Gasteiger partial charge in [-0.25, -0.2) is 0 Å². The normalized spacial score (nSPS) is 34.2. The number of fused-ring (bicyclic) bond motifs is 3. The summed E-state index contributed by atoms with van der Waals surface area (Å²) in [6, 6.07) is 0. The Morgan fingerprint density at radius 3 is 2.05 bits per heavy atom. The molecule has 0 spiro atoms. The van der Waals surface area contributed by atoms with Crippen molar-refractivity contribution in [1.29, 1.82) is 0 Å². The van der Waals surface area contributed by atoms with Gasteiger partial charge in [-0.1, -0.05) is 0 Å². The van der Waals surface area contributed by atoms with Gasteiger partial charge < -0.3 is 9.84 Å². The Balaban J connectivity index is 2.21. The van der Waals surface area contributed by atoms with Gasteiger partial charge in [0.1, 0.15) is 11.0 Å². The molecule has 19 heavy (non-hydrogen) atoms. The third-order valence-electron chi connectivity index (χ3n) is 4.33. The summed E-state index contributed by atoms with van der Waals surface area (Å²) in [5.41, 5.74) is -2.63. The van der Waals surface area contributed by atoms with Gasteiger partial charge >= 0.3 is 11.9 Å². The van der Waals surface area contributed by atoms with Gasteiger partial charge in [0.25, 0.3) is 0 Å². The highest BCUT2D eigenvalue weighted by Gasteiger charge is 2.61. The van der Waals surface area contributed by atoms with Crippen molar-refractivity contribution in [1.82, 2.24) is 0 Å². The van der Waals surface area contributed by atoms with E-state index in [0.29, 0.717) is 12.8 Å². The van der Waals surface area contributed by atoms with Crippen LogP contribution in [0.15, 0.2) is 0 Å². The zero-order valence-electron chi connectivity index (χ0n) is 11.6. The highest BCUT2D eigenvalue weighted by Crippen LogP contribution is 2.55. The number of hydrogen-bond acceptors (Lipinski definition) is 4. The molecule has 1 N–H and O–H groups in total. The number of carbonyl (C=O) groups excluding carboxylic acids is 2. The molecule has 3 fully saturated rings. The van der Waals surface area contributed by atoms with Gasteiger partial charge in [0.05, 0.1) is 5.41 Å². The van der Waals surface area contributed by atoms with Crippen molar-refractivity contribution < 1.29 is 24.2 Å². The van der Waals surface area contributed by atoms with E-state index in [-0.39, 0.29) is 31.0 Å². The van der Waals surface area contributed by atoms with E-state index in [1.54, 1.807) is 20.8 Å². The second-order valence-electron chi connectivity index (χ2n) is 6.77. The molecule has 5 nitrogen and oxygen atoms in total. The largest absolute Gasteiger partial charge is 0.480 e. The van der Waals surface area contributed by atoms with Crippen molar-refractivity contribution in [2.24, 2.45) is 10.8 Å². The minimum atomic E-state index is -1.25. The first-order valence-corrected chi connectivity index (χ1v) is 6.62. The third kappa shape index (κ3) is 2.15. The van der Waals surface area contributed by atoms with Crippen molar-refractivity contribution in [3.63, 3.8) is 0 Å². The molecule has 106 valence electrons. The number of ether oxygens (including phenoxy) is 1. The third-order valence-corrected chi connectivity index (χ3v) is 4.33. The Labute approximate surface area is 112 Å². The molecule has 3 rings (SSSR count). The number of carboxylic acids is 1. The molecule has 0 atom stereocenters. The average molecular weight is 268 g/mol. The van der Waals surface area contributed by atoms with Crippen LogP contribution < -0.4 is 0 Å². The molecule has 0 aromatic carbocycles. The lowest BCUT2D eigenvalue weighted by Crippen LogP contribution is -2.56. The van der Waals surface area contributed by atoms with Gasteiger partial charge in [0.15, 0.2) is 5.78 Å². The van der Waals surface area contributed by atoms with E-state index in [1.165, 1.54) is 0 Å². The number of carboxylic acid groups (broad SMARTS) is 1. The van der Waals surface area contributed by atoms with Crippen LogP contribution in [-0.4, -0.2) is 28.4 Å². The molecule has 3 aliphatic rings.